The average Bonchev–Trinajstić information content (AvgIpc) is 2.96. The number of aromatic nitrogens is 1. The Bertz CT molecular complexity index is 414. The first-order valence-electron chi connectivity index (χ1n) is 7.27. The number of amides is 1. The molecule has 0 spiro atoms. The van der Waals surface area contributed by atoms with Gasteiger partial charge in [-0.15, -0.1) is 0 Å². The minimum absolute atomic E-state index is 0.00819. The van der Waals surface area contributed by atoms with Crippen molar-refractivity contribution in [3.05, 3.63) is 23.9 Å². The minimum atomic E-state index is 0.00819. The second kappa shape index (κ2) is 7.12. The molecule has 1 fully saturated rings. The van der Waals surface area contributed by atoms with Crippen molar-refractivity contribution in [2.75, 3.05) is 18.4 Å². The largest absolute Gasteiger partial charge is 0.370 e. The highest BCUT2D eigenvalue weighted by molar-refractivity contribution is 5.94. The molecule has 1 saturated carbocycles. The third-order valence-electron chi connectivity index (χ3n) is 3.60. The normalized spacial score (nSPS) is 15.4. The standard InChI is InChI=1S/C15H23N3O/c1-2-8-16-14-10-13(7-9-17-14)15(19)18-11-12-5-3-4-6-12/h7,9-10,12H,2-6,8,11H2,1H3,(H,16,17)(H,18,19). The van der Waals surface area contributed by atoms with Crippen LogP contribution in [0.4, 0.5) is 5.82 Å². The Morgan fingerprint density at radius 2 is 2.21 bits per heavy atom. The lowest BCUT2D eigenvalue weighted by molar-refractivity contribution is 0.0947. The molecule has 1 aliphatic carbocycles. The Hall–Kier alpha value is -1.58. The van der Waals surface area contributed by atoms with E-state index in [0.717, 1.165) is 25.3 Å². The summed E-state index contributed by atoms with van der Waals surface area (Å²) < 4.78 is 0. The molecule has 0 aromatic carbocycles. The van der Waals surface area contributed by atoms with Gasteiger partial charge in [0.2, 0.25) is 0 Å². The second-order valence-corrected chi connectivity index (χ2v) is 5.22. The number of nitrogens with one attached hydrogen (secondary N) is 2. The fraction of sp³-hybridized carbons (Fsp3) is 0.600. The zero-order valence-corrected chi connectivity index (χ0v) is 11.6. The van der Waals surface area contributed by atoms with Crippen LogP contribution in [0.3, 0.4) is 0 Å². The maximum atomic E-state index is 12.1. The first-order chi connectivity index (χ1) is 9.29. The highest BCUT2D eigenvalue weighted by atomic mass is 16.1. The quantitative estimate of drug-likeness (QED) is 0.828. The van der Waals surface area contributed by atoms with Crippen LogP contribution in [0.15, 0.2) is 18.3 Å². The van der Waals surface area contributed by atoms with Gasteiger partial charge in [0.05, 0.1) is 0 Å². The van der Waals surface area contributed by atoms with Gasteiger partial charge in [-0.05, 0) is 37.3 Å². The fourth-order valence-corrected chi connectivity index (χ4v) is 2.48. The van der Waals surface area contributed by atoms with Crippen molar-refractivity contribution >= 4 is 11.7 Å². The Kier molecular flexibility index (Phi) is 5.19. The van der Waals surface area contributed by atoms with Gasteiger partial charge in [-0.1, -0.05) is 19.8 Å². The molecule has 0 atom stereocenters. The smallest absolute Gasteiger partial charge is 0.251 e. The van der Waals surface area contributed by atoms with Crippen molar-refractivity contribution in [1.29, 1.82) is 0 Å². The number of pyridine rings is 1. The van der Waals surface area contributed by atoms with E-state index in [-0.39, 0.29) is 5.91 Å². The maximum Gasteiger partial charge on any atom is 0.251 e. The summed E-state index contributed by atoms with van der Waals surface area (Å²) in [6.07, 6.45) is 7.84. The Morgan fingerprint density at radius 1 is 1.42 bits per heavy atom. The number of carbonyl (C=O) groups is 1. The maximum absolute atomic E-state index is 12.1. The predicted octanol–water partition coefficient (Wildman–Crippen LogP) is 2.82. The van der Waals surface area contributed by atoms with Gasteiger partial charge in [0.25, 0.3) is 5.91 Å². The summed E-state index contributed by atoms with van der Waals surface area (Å²) >= 11 is 0. The number of nitrogens with zero attached hydrogens (tertiary/aromatic N) is 1. The third-order valence-corrected chi connectivity index (χ3v) is 3.60. The van der Waals surface area contributed by atoms with Crippen LogP contribution in [-0.2, 0) is 0 Å². The summed E-state index contributed by atoms with van der Waals surface area (Å²) in [7, 11) is 0. The molecule has 0 aliphatic heterocycles. The summed E-state index contributed by atoms with van der Waals surface area (Å²) in [5.74, 6) is 1.45. The highest BCUT2D eigenvalue weighted by Crippen LogP contribution is 2.23. The summed E-state index contributed by atoms with van der Waals surface area (Å²) in [4.78, 5) is 16.3. The fourth-order valence-electron chi connectivity index (χ4n) is 2.48. The molecule has 4 nitrogen and oxygen atoms in total. The molecule has 4 heteroatoms. The molecule has 2 N–H and O–H groups in total. The van der Waals surface area contributed by atoms with Crippen LogP contribution in [0.1, 0.15) is 49.4 Å². The van der Waals surface area contributed by atoms with Gasteiger partial charge < -0.3 is 10.6 Å². The molecule has 19 heavy (non-hydrogen) atoms. The van der Waals surface area contributed by atoms with Crippen LogP contribution >= 0.6 is 0 Å². The molecular weight excluding hydrogens is 238 g/mol. The molecule has 2 rings (SSSR count). The highest BCUT2D eigenvalue weighted by Gasteiger charge is 2.16. The monoisotopic (exact) mass is 261 g/mol. The molecule has 0 saturated heterocycles. The number of carbonyl (C=O) groups excluding carboxylic acids is 1. The van der Waals surface area contributed by atoms with Crippen molar-refractivity contribution in [2.45, 2.75) is 39.0 Å². The van der Waals surface area contributed by atoms with E-state index in [1.54, 1.807) is 12.3 Å². The third kappa shape index (κ3) is 4.23. The van der Waals surface area contributed by atoms with Crippen molar-refractivity contribution in [1.82, 2.24) is 10.3 Å². The van der Waals surface area contributed by atoms with Crippen molar-refractivity contribution in [2.24, 2.45) is 5.92 Å². The summed E-state index contributed by atoms with van der Waals surface area (Å²) in [6.45, 7) is 3.78. The van der Waals surface area contributed by atoms with E-state index < -0.39 is 0 Å². The molecule has 104 valence electrons. The minimum Gasteiger partial charge on any atom is -0.370 e. The van der Waals surface area contributed by atoms with E-state index in [1.807, 2.05) is 6.07 Å². The van der Waals surface area contributed by atoms with Crippen LogP contribution in [-0.4, -0.2) is 24.0 Å². The lowest BCUT2D eigenvalue weighted by Gasteiger charge is -2.11. The van der Waals surface area contributed by atoms with Crippen molar-refractivity contribution < 1.29 is 4.79 Å². The van der Waals surface area contributed by atoms with Gasteiger partial charge in [0.1, 0.15) is 5.82 Å². The van der Waals surface area contributed by atoms with Gasteiger partial charge in [-0.25, -0.2) is 4.98 Å². The second-order valence-electron chi connectivity index (χ2n) is 5.22. The van der Waals surface area contributed by atoms with E-state index in [1.165, 1.54) is 25.7 Å². The SMILES string of the molecule is CCCNc1cc(C(=O)NCC2CCCC2)ccn1. The van der Waals surface area contributed by atoms with E-state index in [9.17, 15) is 4.79 Å². The number of hydrogen-bond donors (Lipinski definition) is 2. The van der Waals surface area contributed by atoms with Crippen molar-refractivity contribution in [3.63, 3.8) is 0 Å². The van der Waals surface area contributed by atoms with E-state index in [0.29, 0.717) is 11.5 Å². The van der Waals surface area contributed by atoms with Crippen LogP contribution in [0.5, 0.6) is 0 Å². The molecule has 1 amide bonds. The topological polar surface area (TPSA) is 54.0 Å². The molecule has 0 bridgehead atoms. The first kappa shape index (κ1) is 13.8. The lowest BCUT2D eigenvalue weighted by Crippen LogP contribution is -2.28. The summed E-state index contributed by atoms with van der Waals surface area (Å²) in [5.41, 5.74) is 0.687. The zero-order valence-electron chi connectivity index (χ0n) is 11.6. The number of anilines is 1. The molecule has 1 heterocycles. The molecular formula is C15H23N3O. The predicted molar refractivity (Wildman–Crippen MR) is 77.3 cm³/mol. The van der Waals surface area contributed by atoms with E-state index in [4.69, 9.17) is 0 Å². The Balaban J connectivity index is 1.86. The molecule has 1 aromatic rings. The van der Waals surface area contributed by atoms with Crippen LogP contribution in [0, 0.1) is 5.92 Å². The molecule has 0 radical (unpaired) electrons. The van der Waals surface area contributed by atoms with Crippen molar-refractivity contribution in [3.8, 4) is 0 Å². The first-order valence-corrected chi connectivity index (χ1v) is 7.27. The van der Waals surface area contributed by atoms with Crippen LogP contribution in [0.2, 0.25) is 0 Å². The number of rotatable bonds is 6. The Labute approximate surface area is 115 Å². The lowest BCUT2D eigenvalue weighted by atomic mass is 10.1. The van der Waals surface area contributed by atoms with Gasteiger partial charge in [0, 0.05) is 24.8 Å². The summed E-state index contributed by atoms with van der Waals surface area (Å²) in [6, 6.07) is 3.58. The molecule has 1 aliphatic rings. The molecule has 1 aromatic heterocycles. The van der Waals surface area contributed by atoms with Gasteiger partial charge >= 0.3 is 0 Å². The Morgan fingerprint density at radius 3 is 2.95 bits per heavy atom. The number of hydrogen-bond acceptors (Lipinski definition) is 3. The van der Waals surface area contributed by atoms with Gasteiger partial charge in [-0.2, -0.15) is 0 Å². The summed E-state index contributed by atoms with van der Waals surface area (Å²) in [5, 5.41) is 6.23. The zero-order chi connectivity index (χ0) is 13.5. The average molecular weight is 261 g/mol. The van der Waals surface area contributed by atoms with Crippen LogP contribution in [0.25, 0.3) is 0 Å². The van der Waals surface area contributed by atoms with Gasteiger partial charge in [0.15, 0.2) is 0 Å². The van der Waals surface area contributed by atoms with Crippen LogP contribution < -0.4 is 10.6 Å². The van der Waals surface area contributed by atoms with E-state index in [2.05, 4.69) is 22.5 Å². The van der Waals surface area contributed by atoms with Gasteiger partial charge in [-0.3, -0.25) is 4.79 Å². The van der Waals surface area contributed by atoms with E-state index >= 15 is 0 Å². The molecule has 0 unspecified atom stereocenters.